The number of carbonyl (C=O) groups is 1. The third-order valence-electron chi connectivity index (χ3n) is 9.15. The van der Waals surface area contributed by atoms with Crippen molar-refractivity contribution in [3.63, 3.8) is 0 Å². The third kappa shape index (κ3) is 5.76. The summed E-state index contributed by atoms with van der Waals surface area (Å²) >= 11 is 7.75. The zero-order valence-corrected chi connectivity index (χ0v) is 27.0. The highest BCUT2D eigenvalue weighted by Gasteiger charge is 2.36. The Labute approximate surface area is 265 Å². The fourth-order valence-corrected chi connectivity index (χ4v) is 8.07. The van der Waals surface area contributed by atoms with E-state index in [0.29, 0.717) is 46.5 Å². The second kappa shape index (κ2) is 12.6. The molecule has 1 aromatic carbocycles. The van der Waals surface area contributed by atoms with Crippen molar-refractivity contribution in [2.45, 2.75) is 71.1 Å². The SMILES string of the molecule is COC1CCN([C@H]2CCc3nc(C)n(CCOc4ccc(Cl)cc4-c4cc(C)nc5c(C(=O)O)csc45)c(=O)c3[C@H]2C)CC1. The lowest BCUT2D eigenvalue weighted by Crippen LogP contribution is -2.48. The van der Waals surface area contributed by atoms with Crippen molar-refractivity contribution in [3.8, 4) is 16.9 Å². The van der Waals surface area contributed by atoms with Gasteiger partial charge in [0.25, 0.3) is 5.56 Å². The highest BCUT2D eigenvalue weighted by Crippen LogP contribution is 2.40. The molecule has 2 atom stereocenters. The average Bonchev–Trinajstić information content (AvgIpc) is 3.43. The molecular formula is C33H37ClN4O5S. The fourth-order valence-electron chi connectivity index (χ4n) is 6.89. The number of methoxy groups -OCH3 is 1. The van der Waals surface area contributed by atoms with E-state index in [9.17, 15) is 14.7 Å². The van der Waals surface area contributed by atoms with Crippen LogP contribution in [0.1, 0.15) is 65.2 Å². The molecule has 1 N–H and O–H groups in total. The van der Waals surface area contributed by atoms with E-state index in [-0.39, 0.29) is 23.6 Å². The van der Waals surface area contributed by atoms with Crippen LogP contribution in [0.5, 0.6) is 5.75 Å². The van der Waals surface area contributed by atoms with E-state index in [4.69, 9.17) is 26.1 Å². The van der Waals surface area contributed by atoms with Crippen LogP contribution in [-0.2, 0) is 17.7 Å². The van der Waals surface area contributed by atoms with Gasteiger partial charge in [0, 0.05) is 64.9 Å². The molecule has 0 spiro atoms. The summed E-state index contributed by atoms with van der Waals surface area (Å²) in [6, 6.07) is 7.63. The first-order chi connectivity index (χ1) is 21.2. The standard InChI is InChI=1S/C33H37ClN4O5S/c1-18-15-24(31-30(35-18)25(17-44-31)33(40)41)23-16-21(34)5-8-28(23)43-14-13-38-20(3)36-26-6-7-27(19(2)29(26)32(38)39)37-11-9-22(42-4)10-12-37/h5,8,15-17,19,22,27H,6-7,9-14H2,1-4H3,(H,40,41)/t19-,27-/m0/s1. The summed E-state index contributed by atoms with van der Waals surface area (Å²) in [7, 11) is 1.78. The smallest absolute Gasteiger partial charge is 0.338 e. The highest BCUT2D eigenvalue weighted by molar-refractivity contribution is 7.18. The number of thiophene rings is 1. The molecule has 0 unspecified atom stereocenters. The third-order valence-corrected chi connectivity index (χ3v) is 10.4. The first kappa shape index (κ1) is 30.7. The maximum absolute atomic E-state index is 13.9. The highest BCUT2D eigenvalue weighted by atomic mass is 35.5. The lowest BCUT2D eigenvalue weighted by molar-refractivity contribution is 0.0205. The zero-order chi connectivity index (χ0) is 31.1. The molecule has 2 aliphatic rings. The van der Waals surface area contributed by atoms with E-state index < -0.39 is 5.97 Å². The predicted molar refractivity (Wildman–Crippen MR) is 173 cm³/mol. The molecule has 0 saturated carbocycles. The Bertz CT molecular complexity index is 1780. The molecule has 1 fully saturated rings. The van der Waals surface area contributed by atoms with Crippen molar-refractivity contribution in [1.29, 1.82) is 0 Å². The molecule has 11 heteroatoms. The van der Waals surface area contributed by atoms with Gasteiger partial charge in [0.15, 0.2) is 0 Å². The van der Waals surface area contributed by atoms with Gasteiger partial charge in [-0.3, -0.25) is 19.2 Å². The van der Waals surface area contributed by atoms with Gasteiger partial charge in [0.05, 0.1) is 34.1 Å². The molecule has 9 nitrogen and oxygen atoms in total. The Morgan fingerprint density at radius 3 is 2.64 bits per heavy atom. The lowest BCUT2D eigenvalue weighted by atomic mass is 9.81. The Kier molecular flexibility index (Phi) is 8.79. The number of nitrogens with zero attached hydrogens (tertiary/aromatic N) is 4. The second-order valence-electron chi connectivity index (χ2n) is 11.8. The van der Waals surface area contributed by atoms with Gasteiger partial charge < -0.3 is 14.6 Å². The summed E-state index contributed by atoms with van der Waals surface area (Å²) in [5, 5.41) is 11.8. The first-order valence-corrected chi connectivity index (χ1v) is 16.3. The molecular weight excluding hydrogens is 600 g/mol. The molecule has 1 saturated heterocycles. The molecule has 1 aliphatic carbocycles. The molecule has 1 aliphatic heterocycles. The first-order valence-electron chi connectivity index (χ1n) is 15.1. The number of hydrogen-bond acceptors (Lipinski definition) is 8. The van der Waals surface area contributed by atoms with Gasteiger partial charge >= 0.3 is 5.97 Å². The molecule has 3 aromatic heterocycles. The second-order valence-corrected chi connectivity index (χ2v) is 13.1. The number of piperidine rings is 1. The van der Waals surface area contributed by atoms with Crippen LogP contribution in [-0.4, -0.2) is 69.5 Å². The van der Waals surface area contributed by atoms with Crippen LogP contribution in [0.15, 0.2) is 34.4 Å². The van der Waals surface area contributed by atoms with Crippen LogP contribution in [0.3, 0.4) is 0 Å². The van der Waals surface area contributed by atoms with E-state index >= 15 is 0 Å². The Morgan fingerprint density at radius 2 is 1.91 bits per heavy atom. The minimum absolute atomic E-state index is 0.0164. The number of aryl methyl sites for hydroxylation is 3. The number of halogens is 1. The van der Waals surface area contributed by atoms with Crippen LogP contribution < -0.4 is 10.3 Å². The largest absolute Gasteiger partial charge is 0.491 e. The number of carboxylic acid groups (broad SMARTS) is 1. The molecule has 4 heterocycles. The number of carboxylic acids is 1. The number of aromatic nitrogens is 3. The van der Waals surface area contributed by atoms with Gasteiger partial charge in [0.1, 0.15) is 18.2 Å². The molecule has 4 aromatic rings. The minimum Gasteiger partial charge on any atom is -0.491 e. The van der Waals surface area contributed by atoms with Crippen molar-refractivity contribution in [1.82, 2.24) is 19.4 Å². The van der Waals surface area contributed by atoms with Gasteiger partial charge in [-0.05, 0) is 63.8 Å². The van der Waals surface area contributed by atoms with Gasteiger partial charge in [-0.1, -0.05) is 18.5 Å². The number of aromatic carboxylic acids is 1. The summed E-state index contributed by atoms with van der Waals surface area (Å²) in [6.07, 6.45) is 4.17. The van der Waals surface area contributed by atoms with Crippen LogP contribution in [0.25, 0.3) is 21.3 Å². The van der Waals surface area contributed by atoms with Crippen LogP contribution >= 0.6 is 22.9 Å². The number of pyridine rings is 1. The number of ether oxygens (including phenoxy) is 2. The maximum atomic E-state index is 13.9. The Hall–Kier alpha value is -3.31. The minimum atomic E-state index is -1.02. The van der Waals surface area contributed by atoms with Gasteiger partial charge in [-0.25, -0.2) is 9.78 Å². The normalized spacial score (nSPS) is 19.3. The molecule has 6 rings (SSSR count). The Balaban J connectivity index is 1.25. The van der Waals surface area contributed by atoms with Crippen molar-refractivity contribution in [2.75, 3.05) is 26.8 Å². The van der Waals surface area contributed by atoms with Crippen molar-refractivity contribution in [3.05, 3.63) is 73.4 Å². The monoisotopic (exact) mass is 636 g/mol. The molecule has 44 heavy (non-hydrogen) atoms. The molecule has 232 valence electrons. The lowest BCUT2D eigenvalue weighted by Gasteiger charge is -2.42. The van der Waals surface area contributed by atoms with Crippen molar-refractivity contribution in [2.24, 2.45) is 0 Å². The van der Waals surface area contributed by atoms with Gasteiger partial charge in [-0.15, -0.1) is 11.3 Å². The number of likely N-dealkylation sites (tertiary alicyclic amines) is 1. The van der Waals surface area contributed by atoms with Gasteiger partial charge in [-0.2, -0.15) is 0 Å². The number of benzene rings is 1. The van der Waals surface area contributed by atoms with E-state index in [1.165, 1.54) is 11.3 Å². The van der Waals surface area contributed by atoms with Crippen molar-refractivity contribution < 1.29 is 19.4 Å². The quantitative estimate of drug-likeness (QED) is 0.247. The summed E-state index contributed by atoms with van der Waals surface area (Å²) in [6.45, 7) is 8.45. The molecule has 0 radical (unpaired) electrons. The Morgan fingerprint density at radius 1 is 1.14 bits per heavy atom. The van der Waals surface area contributed by atoms with Crippen LogP contribution in [0.2, 0.25) is 5.02 Å². The summed E-state index contributed by atoms with van der Waals surface area (Å²) in [4.78, 5) is 37.7. The maximum Gasteiger partial charge on any atom is 0.338 e. The van der Waals surface area contributed by atoms with E-state index in [1.54, 1.807) is 23.1 Å². The summed E-state index contributed by atoms with van der Waals surface area (Å²) in [5.74, 6) is 0.355. The van der Waals surface area contributed by atoms with E-state index in [2.05, 4.69) is 16.8 Å². The van der Waals surface area contributed by atoms with Crippen LogP contribution in [0, 0.1) is 13.8 Å². The van der Waals surface area contributed by atoms with E-state index in [1.807, 2.05) is 32.0 Å². The summed E-state index contributed by atoms with van der Waals surface area (Å²) < 4.78 is 14.4. The van der Waals surface area contributed by atoms with Crippen molar-refractivity contribution >= 4 is 39.1 Å². The molecule has 0 amide bonds. The molecule has 0 bridgehead atoms. The number of hydrogen-bond donors (Lipinski definition) is 1. The average molecular weight is 637 g/mol. The summed E-state index contributed by atoms with van der Waals surface area (Å²) in [5.41, 5.74) is 4.63. The number of fused-ring (bicyclic) bond motifs is 2. The van der Waals surface area contributed by atoms with Gasteiger partial charge in [0.2, 0.25) is 0 Å². The number of rotatable bonds is 8. The van der Waals surface area contributed by atoms with Crippen LogP contribution in [0.4, 0.5) is 0 Å². The zero-order valence-electron chi connectivity index (χ0n) is 25.4. The van der Waals surface area contributed by atoms with E-state index in [0.717, 1.165) is 65.9 Å². The fraction of sp³-hybridized carbons (Fsp3) is 0.455. The topological polar surface area (TPSA) is 107 Å². The predicted octanol–water partition coefficient (Wildman–Crippen LogP) is 6.10.